The molecule has 0 aliphatic rings. The molecule has 0 atom stereocenters. The minimum Gasteiger partial charge on any atom is -0.355 e. The topological polar surface area (TPSA) is 66.9 Å². The van der Waals surface area contributed by atoms with Gasteiger partial charge >= 0.3 is 0 Å². The average molecular weight is 277 g/mol. The first-order chi connectivity index (χ1) is 9.11. The molecule has 0 bridgehead atoms. The van der Waals surface area contributed by atoms with Crippen LogP contribution in [0.1, 0.15) is 16.2 Å². The second kappa shape index (κ2) is 5.67. The summed E-state index contributed by atoms with van der Waals surface area (Å²) in [5.41, 5.74) is 1.17. The van der Waals surface area contributed by atoms with E-state index in [2.05, 4.69) is 20.6 Å². The maximum absolute atomic E-state index is 11.8. The standard InChI is InChI=1S/C13H13ClN4O/c1-8-16-7-10(14)12(17-8)18-11-6-4-3-5-9(11)13(19)15-2/h3-7H,1-2H3,(H,15,19)(H,16,17,18). The van der Waals surface area contributed by atoms with Gasteiger partial charge in [0.05, 0.1) is 17.4 Å². The SMILES string of the molecule is CNC(=O)c1ccccc1Nc1nc(C)ncc1Cl. The quantitative estimate of drug-likeness (QED) is 0.904. The number of nitrogens with one attached hydrogen (secondary N) is 2. The molecule has 0 radical (unpaired) electrons. The summed E-state index contributed by atoms with van der Waals surface area (Å²) in [7, 11) is 1.58. The van der Waals surface area contributed by atoms with Crippen LogP contribution in [0.15, 0.2) is 30.5 Å². The van der Waals surface area contributed by atoms with Gasteiger partial charge in [-0.05, 0) is 19.1 Å². The third-order valence-electron chi connectivity index (χ3n) is 2.52. The molecular formula is C13H13ClN4O. The third-order valence-corrected chi connectivity index (χ3v) is 2.79. The number of benzene rings is 1. The van der Waals surface area contributed by atoms with Crippen LogP contribution in [0, 0.1) is 6.92 Å². The first-order valence-corrected chi connectivity index (χ1v) is 6.07. The molecule has 0 aliphatic carbocycles. The van der Waals surface area contributed by atoms with Crippen molar-refractivity contribution in [1.82, 2.24) is 15.3 Å². The number of aryl methyl sites for hydroxylation is 1. The highest BCUT2D eigenvalue weighted by Crippen LogP contribution is 2.24. The van der Waals surface area contributed by atoms with E-state index in [1.165, 1.54) is 6.20 Å². The summed E-state index contributed by atoms with van der Waals surface area (Å²) in [6.45, 7) is 1.77. The number of aromatic nitrogens is 2. The van der Waals surface area contributed by atoms with Gasteiger partial charge in [-0.3, -0.25) is 4.79 Å². The summed E-state index contributed by atoms with van der Waals surface area (Å²) in [4.78, 5) is 20.0. The number of nitrogens with zero attached hydrogens (tertiary/aromatic N) is 2. The lowest BCUT2D eigenvalue weighted by Gasteiger charge is -2.11. The number of anilines is 2. The number of hydrogen-bond acceptors (Lipinski definition) is 4. The van der Waals surface area contributed by atoms with Crippen LogP contribution in [0.3, 0.4) is 0 Å². The summed E-state index contributed by atoms with van der Waals surface area (Å²) < 4.78 is 0. The highest BCUT2D eigenvalue weighted by atomic mass is 35.5. The second-order valence-corrected chi connectivity index (χ2v) is 4.27. The summed E-state index contributed by atoms with van der Waals surface area (Å²) in [6.07, 6.45) is 1.52. The van der Waals surface area contributed by atoms with E-state index in [1.54, 1.807) is 32.2 Å². The van der Waals surface area contributed by atoms with Crippen molar-refractivity contribution in [1.29, 1.82) is 0 Å². The first kappa shape index (κ1) is 13.3. The molecule has 2 rings (SSSR count). The van der Waals surface area contributed by atoms with Gasteiger partial charge in [-0.15, -0.1) is 0 Å². The first-order valence-electron chi connectivity index (χ1n) is 5.69. The fourth-order valence-corrected chi connectivity index (χ4v) is 1.73. The van der Waals surface area contributed by atoms with Gasteiger partial charge in [0.15, 0.2) is 5.82 Å². The largest absolute Gasteiger partial charge is 0.355 e. The van der Waals surface area contributed by atoms with Gasteiger partial charge in [-0.2, -0.15) is 0 Å². The van der Waals surface area contributed by atoms with Gasteiger partial charge in [-0.1, -0.05) is 23.7 Å². The minimum absolute atomic E-state index is 0.176. The van der Waals surface area contributed by atoms with E-state index in [4.69, 9.17) is 11.6 Å². The molecule has 1 heterocycles. The van der Waals surface area contributed by atoms with Crippen molar-refractivity contribution in [2.75, 3.05) is 12.4 Å². The molecule has 0 saturated carbocycles. The van der Waals surface area contributed by atoms with Crippen molar-refractivity contribution >= 4 is 29.0 Å². The molecular weight excluding hydrogens is 264 g/mol. The molecule has 1 aromatic heterocycles. The highest BCUT2D eigenvalue weighted by Gasteiger charge is 2.11. The smallest absolute Gasteiger partial charge is 0.253 e. The summed E-state index contributed by atoms with van der Waals surface area (Å²) in [6, 6.07) is 7.14. The van der Waals surface area contributed by atoms with Gasteiger partial charge in [-0.25, -0.2) is 9.97 Å². The summed E-state index contributed by atoms with van der Waals surface area (Å²) in [5.74, 6) is 0.903. The van der Waals surface area contributed by atoms with Crippen molar-refractivity contribution in [2.24, 2.45) is 0 Å². The molecule has 2 aromatic rings. The lowest BCUT2D eigenvalue weighted by Crippen LogP contribution is -2.19. The highest BCUT2D eigenvalue weighted by molar-refractivity contribution is 6.32. The molecule has 2 N–H and O–H groups in total. The van der Waals surface area contributed by atoms with Crippen LogP contribution < -0.4 is 10.6 Å². The summed E-state index contributed by atoms with van der Waals surface area (Å²) in [5, 5.41) is 6.04. The number of amides is 1. The van der Waals surface area contributed by atoms with E-state index in [0.717, 1.165) is 0 Å². The van der Waals surface area contributed by atoms with Crippen LogP contribution in [-0.2, 0) is 0 Å². The Balaban J connectivity index is 2.38. The molecule has 0 saturated heterocycles. The van der Waals surface area contributed by atoms with E-state index in [9.17, 15) is 4.79 Å². The molecule has 5 nitrogen and oxygen atoms in total. The molecule has 0 unspecified atom stereocenters. The maximum Gasteiger partial charge on any atom is 0.253 e. The molecule has 0 fully saturated rings. The third kappa shape index (κ3) is 3.00. The fraction of sp³-hybridized carbons (Fsp3) is 0.154. The average Bonchev–Trinajstić information content (AvgIpc) is 2.42. The van der Waals surface area contributed by atoms with Gasteiger partial charge in [0.25, 0.3) is 5.91 Å². The van der Waals surface area contributed by atoms with Crippen molar-refractivity contribution in [3.63, 3.8) is 0 Å². The van der Waals surface area contributed by atoms with Crippen molar-refractivity contribution in [2.45, 2.75) is 6.92 Å². The number of rotatable bonds is 3. The molecule has 98 valence electrons. The monoisotopic (exact) mass is 276 g/mol. The van der Waals surface area contributed by atoms with Gasteiger partial charge < -0.3 is 10.6 Å². The number of para-hydroxylation sites is 1. The Kier molecular flexibility index (Phi) is 3.97. The van der Waals surface area contributed by atoms with Crippen molar-refractivity contribution in [3.8, 4) is 0 Å². The number of carbonyl (C=O) groups excluding carboxylic acids is 1. The summed E-state index contributed by atoms with van der Waals surface area (Å²) >= 11 is 6.02. The van der Waals surface area contributed by atoms with Crippen molar-refractivity contribution < 1.29 is 4.79 Å². The Bertz CT molecular complexity index is 615. The zero-order valence-electron chi connectivity index (χ0n) is 10.6. The van der Waals surface area contributed by atoms with Crippen LogP contribution in [0.25, 0.3) is 0 Å². The lowest BCUT2D eigenvalue weighted by atomic mass is 10.1. The second-order valence-electron chi connectivity index (χ2n) is 3.86. The van der Waals surface area contributed by atoms with Crippen LogP contribution >= 0.6 is 11.6 Å². The fourth-order valence-electron chi connectivity index (χ4n) is 1.60. The van der Waals surface area contributed by atoms with E-state index in [0.29, 0.717) is 27.9 Å². The minimum atomic E-state index is -0.176. The molecule has 1 amide bonds. The zero-order valence-corrected chi connectivity index (χ0v) is 11.3. The Labute approximate surface area is 116 Å². The zero-order chi connectivity index (χ0) is 13.8. The van der Waals surface area contributed by atoms with E-state index in [-0.39, 0.29) is 5.91 Å². The maximum atomic E-state index is 11.8. The Morgan fingerprint density at radius 1 is 1.32 bits per heavy atom. The molecule has 0 spiro atoms. The molecule has 1 aromatic carbocycles. The normalized spacial score (nSPS) is 10.1. The van der Waals surface area contributed by atoms with Gasteiger partial charge in [0.2, 0.25) is 0 Å². The van der Waals surface area contributed by atoms with Crippen LogP contribution in [0.4, 0.5) is 11.5 Å². The molecule has 19 heavy (non-hydrogen) atoms. The van der Waals surface area contributed by atoms with Crippen molar-refractivity contribution in [3.05, 3.63) is 46.9 Å². The van der Waals surface area contributed by atoms with Gasteiger partial charge in [0, 0.05) is 7.05 Å². The number of carbonyl (C=O) groups is 1. The molecule has 0 aliphatic heterocycles. The predicted octanol–water partition coefficient (Wildman–Crippen LogP) is 2.54. The van der Waals surface area contributed by atoms with E-state index in [1.807, 2.05) is 6.07 Å². The number of halogens is 1. The Morgan fingerprint density at radius 3 is 2.79 bits per heavy atom. The van der Waals surface area contributed by atoms with Gasteiger partial charge in [0.1, 0.15) is 10.8 Å². The predicted molar refractivity (Wildman–Crippen MR) is 74.9 cm³/mol. The lowest BCUT2D eigenvalue weighted by molar-refractivity contribution is 0.0964. The Hall–Kier alpha value is -2.14. The van der Waals surface area contributed by atoms with Crippen LogP contribution in [0.5, 0.6) is 0 Å². The van der Waals surface area contributed by atoms with E-state index < -0.39 is 0 Å². The van der Waals surface area contributed by atoms with Crippen LogP contribution in [0.2, 0.25) is 5.02 Å². The number of hydrogen-bond donors (Lipinski definition) is 2. The molecule has 6 heteroatoms. The Morgan fingerprint density at radius 2 is 2.05 bits per heavy atom. The van der Waals surface area contributed by atoms with Crippen LogP contribution in [-0.4, -0.2) is 22.9 Å². The van der Waals surface area contributed by atoms with E-state index >= 15 is 0 Å².